The van der Waals surface area contributed by atoms with Crippen LogP contribution in [0.15, 0.2) is 4.36 Å². The van der Waals surface area contributed by atoms with Crippen molar-refractivity contribution in [2.24, 2.45) is 22.1 Å². The average Bonchev–Trinajstić information content (AvgIpc) is 2.83. The lowest BCUT2D eigenvalue weighted by atomic mass is 9.96. The number of carboxylic acids is 1. The highest BCUT2D eigenvalue weighted by molar-refractivity contribution is 7.94. The van der Waals surface area contributed by atoms with Crippen molar-refractivity contribution in [3.63, 3.8) is 0 Å². The molecule has 0 spiro atoms. The van der Waals surface area contributed by atoms with Gasteiger partial charge in [-0.05, 0) is 18.8 Å². The second kappa shape index (κ2) is 6.22. The van der Waals surface area contributed by atoms with Crippen molar-refractivity contribution in [1.82, 2.24) is 5.32 Å². The molecule has 1 aliphatic heterocycles. The number of carbonyl (C=O) groups excluding carboxylic acids is 1. The molecule has 3 unspecified atom stereocenters. The summed E-state index contributed by atoms with van der Waals surface area (Å²) in [6.07, 6.45) is 1.96. The predicted octanol–water partition coefficient (Wildman–Crippen LogP) is 0.721. The van der Waals surface area contributed by atoms with Gasteiger partial charge in [0.25, 0.3) is 5.91 Å². The fourth-order valence-electron chi connectivity index (χ4n) is 3.04. The third-order valence-electron chi connectivity index (χ3n) is 4.32. The van der Waals surface area contributed by atoms with E-state index in [1.807, 2.05) is 6.92 Å². The van der Waals surface area contributed by atoms with Crippen LogP contribution < -0.4 is 5.32 Å². The summed E-state index contributed by atoms with van der Waals surface area (Å²) in [4.78, 5) is 23.5. The second-order valence-electron chi connectivity index (χ2n) is 5.66. The van der Waals surface area contributed by atoms with Crippen LogP contribution in [0.2, 0.25) is 0 Å². The van der Waals surface area contributed by atoms with Gasteiger partial charge >= 0.3 is 5.97 Å². The Labute approximate surface area is 119 Å². The first-order valence-corrected chi connectivity index (χ1v) is 9.00. The summed E-state index contributed by atoms with van der Waals surface area (Å²) >= 11 is 0. The first kappa shape index (κ1) is 15.4. The third kappa shape index (κ3) is 3.38. The van der Waals surface area contributed by atoms with Crippen LogP contribution in [0.3, 0.4) is 0 Å². The Kier molecular flexibility index (Phi) is 4.80. The maximum absolute atomic E-state index is 12.4. The topological polar surface area (TPSA) is 95.8 Å². The van der Waals surface area contributed by atoms with Gasteiger partial charge in [-0.1, -0.05) is 13.3 Å². The minimum absolute atomic E-state index is 0.255. The van der Waals surface area contributed by atoms with Crippen LogP contribution in [0.1, 0.15) is 26.2 Å². The molecule has 114 valence electrons. The smallest absolute Gasteiger partial charge is 0.307 e. The Bertz CT molecular complexity index is 499. The Balaban J connectivity index is 2.17. The molecule has 0 aromatic rings. The summed E-state index contributed by atoms with van der Waals surface area (Å²) in [5.41, 5.74) is 0. The second-order valence-corrected chi connectivity index (χ2v) is 8.20. The molecule has 1 saturated carbocycles. The molecule has 2 N–H and O–H groups in total. The normalized spacial score (nSPS) is 32.8. The molecular weight excluding hydrogens is 280 g/mol. The van der Waals surface area contributed by atoms with Crippen molar-refractivity contribution in [3.8, 4) is 0 Å². The number of nitrogens with zero attached hydrogens (tertiary/aromatic N) is 1. The molecule has 1 amide bonds. The van der Waals surface area contributed by atoms with Crippen molar-refractivity contribution in [1.29, 1.82) is 0 Å². The fraction of sp³-hybridized carbons (Fsp3) is 0.846. The molecule has 1 heterocycles. The van der Waals surface area contributed by atoms with Crippen LogP contribution in [0.4, 0.5) is 0 Å². The van der Waals surface area contributed by atoms with Gasteiger partial charge in [-0.15, -0.1) is 0 Å². The van der Waals surface area contributed by atoms with E-state index in [9.17, 15) is 18.9 Å². The van der Waals surface area contributed by atoms with Gasteiger partial charge in [0.15, 0.2) is 0 Å². The fourth-order valence-corrected chi connectivity index (χ4v) is 4.81. The highest BCUT2D eigenvalue weighted by Crippen LogP contribution is 2.39. The highest BCUT2D eigenvalue weighted by atomic mass is 32.2. The van der Waals surface area contributed by atoms with Crippen molar-refractivity contribution in [2.45, 2.75) is 26.2 Å². The summed E-state index contributed by atoms with van der Waals surface area (Å²) in [6, 6.07) is 0. The molecule has 2 fully saturated rings. The highest BCUT2D eigenvalue weighted by Gasteiger charge is 2.42. The Morgan fingerprint density at radius 2 is 1.85 bits per heavy atom. The van der Waals surface area contributed by atoms with Gasteiger partial charge < -0.3 is 10.4 Å². The molecule has 2 aliphatic rings. The maximum atomic E-state index is 12.4. The first-order valence-electron chi connectivity index (χ1n) is 7.15. The van der Waals surface area contributed by atoms with E-state index in [0.717, 1.165) is 6.42 Å². The molecule has 0 aromatic carbocycles. The minimum atomic E-state index is -2.48. The van der Waals surface area contributed by atoms with Crippen LogP contribution in [0, 0.1) is 17.8 Å². The predicted molar refractivity (Wildman–Crippen MR) is 75.8 cm³/mol. The van der Waals surface area contributed by atoms with E-state index >= 15 is 0 Å². The average molecular weight is 302 g/mol. The lowest BCUT2D eigenvalue weighted by Gasteiger charge is -2.18. The zero-order valence-electron chi connectivity index (χ0n) is 11.7. The molecule has 20 heavy (non-hydrogen) atoms. The molecule has 2 rings (SSSR count). The van der Waals surface area contributed by atoms with E-state index in [0.29, 0.717) is 37.4 Å². The van der Waals surface area contributed by atoms with Gasteiger partial charge in [-0.2, -0.15) is 4.36 Å². The number of amides is 1. The Morgan fingerprint density at radius 3 is 2.40 bits per heavy atom. The summed E-state index contributed by atoms with van der Waals surface area (Å²) in [5.74, 6) is -1.65. The SMILES string of the molecule is CCC1CC(C(=O)O)C(C(=O)N=S2(=O)CCNCC2)C1. The minimum Gasteiger partial charge on any atom is -0.481 e. The molecule has 1 saturated heterocycles. The lowest BCUT2D eigenvalue weighted by molar-refractivity contribution is -0.145. The lowest BCUT2D eigenvalue weighted by Crippen LogP contribution is -2.36. The van der Waals surface area contributed by atoms with Crippen LogP contribution in [0.5, 0.6) is 0 Å². The van der Waals surface area contributed by atoms with Crippen molar-refractivity contribution >= 4 is 21.6 Å². The van der Waals surface area contributed by atoms with E-state index in [1.54, 1.807) is 0 Å². The zero-order valence-corrected chi connectivity index (χ0v) is 12.5. The van der Waals surface area contributed by atoms with Crippen LogP contribution >= 0.6 is 0 Å². The van der Waals surface area contributed by atoms with Gasteiger partial charge in [0.2, 0.25) is 0 Å². The van der Waals surface area contributed by atoms with Gasteiger partial charge in [0.1, 0.15) is 0 Å². The maximum Gasteiger partial charge on any atom is 0.307 e. The number of hydrogen-bond acceptors (Lipinski definition) is 4. The molecule has 6 nitrogen and oxygen atoms in total. The van der Waals surface area contributed by atoms with E-state index in [4.69, 9.17) is 0 Å². The van der Waals surface area contributed by atoms with Crippen LogP contribution in [-0.4, -0.2) is 45.8 Å². The number of nitrogens with one attached hydrogen (secondary N) is 1. The number of rotatable bonds is 3. The zero-order chi connectivity index (χ0) is 14.8. The van der Waals surface area contributed by atoms with Crippen molar-refractivity contribution in [3.05, 3.63) is 0 Å². The van der Waals surface area contributed by atoms with Crippen LogP contribution in [-0.2, 0) is 19.3 Å². The van der Waals surface area contributed by atoms with Gasteiger partial charge in [-0.25, -0.2) is 4.21 Å². The summed E-state index contributed by atoms with van der Waals surface area (Å²) < 4.78 is 16.4. The number of aliphatic carboxylic acids is 1. The Hall–Kier alpha value is -0.950. The first-order chi connectivity index (χ1) is 9.45. The molecule has 7 heteroatoms. The quantitative estimate of drug-likeness (QED) is 0.801. The number of hydrogen-bond donors (Lipinski definition) is 2. The van der Waals surface area contributed by atoms with E-state index in [2.05, 4.69) is 9.68 Å². The van der Waals surface area contributed by atoms with E-state index in [-0.39, 0.29) is 5.92 Å². The summed E-state index contributed by atoms with van der Waals surface area (Å²) in [6.45, 7) is 3.20. The van der Waals surface area contributed by atoms with Gasteiger partial charge in [0.05, 0.1) is 21.6 Å². The molecule has 0 radical (unpaired) electrons. The molecule has 1 aliphatic carbocycles. The standard InChI is InChI=1S/C13H22N2O4S/c1-2-9-7-10(11(8-9)13(17)18)12(16)15-20(19)5-3-14-4-6-20/h9-11,14H,2-8H2,1H3,(H,17,18). The van der Waals surface area contributed by atoms with E-state index < -0.39 is 33.4 Å². The van der Waals surface area contributed by atoms with Gasteiger partial charge in [0, 0.05) is 24.6 Å². The molecule has 0 aromatic heterocycles. The van der Waals surface area contributed by atoms with Crippen molar-refractivity contribution in [2.75, 3.05) is 24.6 Å². The monoisotopic (exact) mass is 302 g/mol. The van der Waals surface area contributed by atoms with Gasteiger partial charge in [-0.3, -0.25) is 9.59 Å². The molecular formula is C13H22N2O4S. The van der Waals surface area contributed by atoms with Crippen molar-refractivity contribution < 1.29 is 18.9 Å². The summed E-state index contributed by atoms with van der Waals surface area (Å²) in [5, 5.41) is 12.3. The van der Waals surface area contributed by atoms with E-state index in [1.165, 1.54) is 0 Å². The number of carbonyl (C=O) groups is 2. The largest absolute Gasteiger partial charge is 0.481 e. The number of carboxylic acid groups (broad SMARTS) is 1. The third-order valence-corrected chi connectivity index (χ3v) is 6.52. The van der Waals surface area contributed by atoms with Crippen LogP contribution in [0.25, 0.3) is 0 Å². The molecule has 3 atom stereocenters. The Morgan fingerprint density at radius 1 is 1.25 bits per heavy atom. The molecule has 0 bridgehead atoms. The summed E-state index contributed by atoms with van der Waals surface area (Å²) in [7, 11) is -2.48.